The van der Waals surface area contributed by atoms with Crippen LogP contribution in [0.1, 0.15) is 21.5 Å². The van der Waals surface area contributed by atoms with Gasteiger partial charge in [-0.1, -0.05) is 60.2 Å². The Morgan fingerprint density at radius 2 is 1.50 bits per heavy atom. The van der Waals surface area contributed by atoms with Gasteiger partial charge in [-0.3, -0.25) is 4.79 Å². The average molecular weight is 344 g/mol. The highest BCUT2D eigenvalue weighted by atomic mass is 19.4. The lowest BCUT2D eigenvalue weighted by molar-refractivity contribution is -0.324. The van der Waals surface area contributed by atoms with Crippen molar-refractivity contribution in [2.75, 3.05) is 0 Å². The quantitative estimate of drug-likeness (QED) is 0.665. The minimum atomic E-state index is -5.77. The fourth-order valence-corrected chi connectivity index (χ4v) is 2.33. The van der Waals surface area contributed by atoms with Crippen LogP contribution in [0.3, 0.4) is 0 Å². The molecule has 0 aromatic heterocycles. The molecule has 2 aromatic rings. The summed E-state index contributed by atoms with van der Waals surface area (Å²) in [5, 5.41) is 10.0. The van der Waals surface area contributed by atoms with Crippen molar-refractivity contribution in [3.8, 4) is 0 Å². The van der Waals surface area contributed by atoms with Crippen molar-refractivity contribution >= 4 is 5.78 Å². The van der Waals surface area contributed by atoms with E-state index in [9.17, 15) is 31.9 Å². The second-order valence-electron chi connectivity index (χ2n) is 5.35. The number of ketones is 1. The molecule has 1 atom stereocenters. The van der Waals surface area contributed by atoms with Gasteiger partial charge < -0.3 is 5.11 Å². The summed E-state index contributed by atoms with van der Waals surface area (Å²) < 4.78 is 69.3. The molecule has 0 radical (unpaired) electrons. The van der Waals surface area contributed by atoms with Crippen LogP contribution in [-0.4, -0.2) is 23.0 Å². The number of carbonyl (C=O) groups excluding carboxylic acids is 1. The number of alkyl halides is 5. The van der Waals surface area contributed by atoms with Crippen LogP contribution in [0.5, 0.6) is 0 Å². The fourth-order valence-electron chi connectivity index (χ4n) is 2.33. The van der Waals surface area contributed by atoms with Crippen LogP contribution in [0, 0.1) is 6.92 Å². The molecule has 0 spiro atoms. The Bertz CT molecular complexity index is 740. The normalized spacial score (nSPS) is 15.0. The summed E-state index contributed by atoms with van der Waals surface area (Å²) in [5.41, 5.74) is -6.13. The second kappa shape index (κ2) is 5.98. The molecule has 2 rings (SSSR count). The summed E-state index contributed by atoms with van der Waals surface area (Å²) in [6, 6.07) is 9.80. The number of carbonyl (C=O) groups is 1. The number of hydrogen-bond donors (Lipinski definition) is 1. The van der Waals surface area contributed by atoms with Crippen molar-refractivity contribution in [3.63, 3.8) is 0 Å². The number of halogens is 5. The van der Waals surface area contributed by atoms with Crippen molar-refractivity contribution in [3.05, 3.63) is 71.3 Å². The summed E-state index contributed by atoms with van der Waals surface area (Å²) >= 11 is 0. The SMILES string of the molecule is Cc1cccc(C(O)(C(F)(F)F)C(F)(F)C(=O)c2ccccc2)c1. The number of aryl methyl sites for hydroxylation is 1. The Morgan fingerprint density at radius 1 is 0.917 bits per heavy atom. The Morgan fingerprint density at radius 3 is 2.00 bits per heavy atom. The molecule has 0 aliphatic heterocycles. The third-order valence-corrected chi connectivity index (χ3v) is 3.62. The Labute approximate surface area is 134 Å². The number of aliphatic hydroxyl groups is 1. The van der Waals surface area contributed by atoms with Gasteiger partial charge in [-0.25, -0.2) is 0 Å². The summed E-state index contributed by atoms with van der Waals surface area (Å²) in [4.78, 5) is 12.0. The van der Waals surface area contributed by atoms with Gasteiger partial charge in [0, 0.05) is 5.56 Å². The van der Waals surface area contributed by atoms with Crippen molar-refractivity contribution in [2.24, 2.45) is 0 Å². The van der Waals surface area contributed by atoms with E-state index >= 15 is 0 Å². The highest BCUT2D eigenvalue weighted by Crippen LogP contribution is 2.50. The van der Waals surface area contributed by atoms with E-state index in [0.717, 1.165) is 24.3 Å². The molecular formula is C17H13F5O2. The molecule has 0 bridgehead atoms. The minimum Gasteiger partial charge on any atom is -0.371 e. The third-order valence-electron chi connectivity index (χ3n) is 3.62. The van der Waals surface area contributed by atoms with Crippen molar-refractivity contribution < 1.29 is 31.9 Å². The standard InChI is InChI=1S/C17H13F5O2/c1-11-6-5-9-13(10-11)15(24,17(20,21)22)16(18,19)14(23)12-7-3-2-4-8-12/h2-10,24H,1H3. The third kappa shape index (κ3) is 2.80. The number of benzene rings is 2. The zero-order chi connectivity index (χ0) is 18.2. The molecule has 24 heavy (non-hydrogen) atoms. The monoisotopic (exact) mass is 344 g/mol. The van der Waals surface area contributed by atoms with E-state index in [-0.39, 0.29) is 5.56 Å². The first-order chi connectivity index (χ1) is 11.0. The highest BCUT2D eigenvalue weighted by molar-refractivity contribution is 6.02. The zero-order valence-corrected chi connectivity index (χ0v) is 12.4. The molecule has 128 valence electrons. The number of Topliss-reactive ketones (excluding diaryl/α,β-unsaturated/α-hetero) is 1. The van der Waals surface area contributed by atoms with E-state index in [2.05, 4.69) is 0 Å². The summed E-state index contributed by atoms with van der Waals surface area (Å²) in [5.74, 6) is -7.22. The van der Waals surface area contributed by atoms with Gasteiger partial charge in [-0.15, -0.1) is 0 Å². The molecule has 0 saturated carbocycles. The van der Waals surface area contributed by atoms with E-state index < -0.39 is 34.6 Å². The molecule has 1 unspecified atom stereocenters. The molecule has 7 heteroatoms. The maximum Gasteiger partial charge on any atom is 0.428 e. The van der Waals surface area contributed by atoms with Crippen LogP contribution in [0.4, 0.5) is 22.0 Å². The molecule has 1 N–H and O–H groups in total. The van der Waals surface area contributed by atoms with E-state index in [1.807, 2.05) is 0 Å². The van der Waals surface area contributed by atoms with E-state index in [4.69, 9.17) is 0 Å². The van der Waals surface area contributed by atoms with Gasteiger partial charge in [0.05, 0.1) is 0 Å². The lowest BCUT2D eigenvalue weighted by Crippen LogP contribution is -2.59. The molecule has 0 heterocycles. The van der Waals surface area contributed by atoms with Crippen LogP contribution in [-0.2, 0) is 5.60 Å². The van der Waals surface area contributed by atoms with Crippen molar-refractivity contribution in [2.45, 2.75) is 24.6 Å². The van der Waals surface area contributed by atoms with E-state index in [0.29, 0.717) is 6.07 Å². The summed E-state index contributed by atoms with van der Waals surface area (Å²) in [6.45, 7) is 1.39. The van der Waals surface area contributed by atoms with Crippen LogP contribution < -0.4 is 0 Å². The smallest absolute Gasteiger partial charge is 0.371 e. The molecular weight excluding hydrogens is 331 g/mol. The van der Waals surface area contributed by atoms with Gasteiger partial charge in [0.2, 0.25) is 5.78 Å². The first kappa shape index (κ1) is 18.1. The second-order valence-corrected chi connectivity index (χ2v) is 5.35. The van der Waals surface area contributed by atoms with Crippen LogP contribution in [0.25, 0.3) is 0 Å². The molecule has 0 fully saturated rings. The van der Waals surface area contributed by atoms with Crippen LogP contribution >= 0.6 is 0 Å². The van der Waals surface area contributed by atoms with Gasteiger partial charge >= 0.3 is 12.1 Å². The van der Waals surface area contributed by atoms with Gasteiger partial charge in [0.25, 0.3) is 5.60 Å². The van der Waals surface area contributed by atoms with E-state index in [1.165, 1.54) is 31.2 Å². The Balaban J connectivity index is 2.65. The first-order valence-electron chi connectivity index (χ1n) is 6.85. The molecule has 0 aliphatic rings. The molecule has 2 aromatic carbocycles. The topological polar surface area (TPSA) is 37.3 Å². The highest BCUT2D eigenvalue weighted by Gasteiger charge is 2.73. The Hall–Kier alpha value is -2.28. The van der Waals surface area contributed by atoms with E-state index in [1.54, 1.807) is 0 Å². The maximum absolute atomic E-state index is 14.5. The first-order valence-corrected chi connectivity index (χ1v) is 6.85. The predicted octanol–water partition coefficient (Wildman–Crippen LogP) is 4.26. The summed E-state index contributed by atoms with van der Waals surface area (Å²) in [7, 11) is 0. The van der Waals surface area contributed by atoms with Gasteiger partial charge in [-0.2, -0.15) is 22.0 Å². The largest absolute Gasteiger partial charge is 0.428 e. The fraction of sp³-hybridized carbons (Fsp3) is 0.235. The van der Waals surface area contributed by atoms with Crippen LogP contribution in [0.15, 0.2) is 54.6 Å². The van der Waals surface area contributed by atoms with Gasteiger partial charge in [0.15, 0.2) is 0 Å². The maximum atomic E-state index is 14.5. The lowest BCUT2D eigenvalue weighted by atomic mass is 9.82. The Kier molecular flexibility index (Phi) is 4.50. The molecule has 0 aliphatic carbocycles. The number of hydrogen-bond acceptors (Lipinski definition) is 2. The molecule has 0 amide bonds. The van der Waals surface area contributed by atoms with Crippen molar-refractivity contribution in [1.82, 2.24) is 0 Å². The molecule has 2 nitrogen and oxygen atoms in total. The average Bonchev–Trinajstić information content (AvgIpc) is 2.52. The minimum absolute atomic E-state index is 0.234. The predicted molar refractivity (Wildman–Crippen MR) is 76.9 cm³/mol. The number of rotatable bonds is 4. The van der Waals surface area contributed by atoms with Crippen LogP contribution in [0.2, 0.25) is 0 Å². The van der Waals surface area contributed by atoms with Gasteiger partial charge in [-0.05, 0) is 12.5 Å². The molecule has 0 saturated heterocycles. The lowest BCUT2D eigenvalue weighted by Gasteiger charge is -2.36. The van der Waals surface area contributed by atoms with Crippen molar-refractivity contribution in [1.29, 1.82) is 0 Å². The summed E-state index contributed by atoms with van der Waals surface area (Å²) in [6.07, 6.45) is -5.77. The zero-order valence-electron chi connectivity index (χ0n) is 12.4. The van der Waals surface area contributed by atoms with Gasteiger partial charge in [0.1, 0.15) is 0 Å².